The van der Waals surface area contributed by atoms with Crippen molar-refractivity contribution in [1.29, 1.82) is 0 Å². The minimum absolute atomic E-state index is 0.0745. The number of benzene rings is 2. The van der Waals surface area contributed by atoms with Gasteiger partial charge in [-0.25, -0.2) is 0 Å². The number of carbonyl (C=O) groups is 1. The zero-order valence-electron chi connectivity index (χ0n) is 18.3. The molecule has 158 valence electrons. The van der Waals surface area contributed by atoms with Crippen LogP contribution < -0.4 is 0 Å². The van der Waals surface area contributed by atoms with Crippen LogP contribution in [0, 0.1) is 0 Å². The molecule has 1 aliphatic carbocycles. The summed E-state index contributed by atoms with van der Waals surface area (Å²) in [7, 11) is 4.39. The number of ether oxygens (including phenoxy) is 1. The van der Waals surface area contributed by atoms with E-state index in [0.717, 1.165) is 42.1 Å². The molecule has 1 fully saturated rings. The van der Waals surface area contributed by atoms with Crippen molar-refractivity contribution < 1.29 is 9.53 Å². The highest BCUT2D eigenvalue weighted by molar-refractivity contribution is 5.89. The summed E-state index contributed by atoms with van der Waals surface area (Å²) in [4.78, 5) is 18.4. The minimum Gasteiger partial charge on any atom is -0.466 e. The Bertz CT molecular complexity index is 998. The first kappa shape index (κ1) is 20.7. The van der Waals surface area contributed by atoms with Gasteiger partial charge in [-0.15, -0.1) is 0 Å². The highest BCUT2D eigenvalue weighted by atomic mass is 16.5. The van der Waals surface area contributed by atoms with Crippen LogP contribution in [0.3, 0.4) is 0 Å². The fourth-order valence-corrected chi connectivity index (χ4v) is 5.24. The average molecular weight is 405 g/mol. The summed E-state index contributed by atoms with van der Waals surface area (Å²) in [5.41, 5.74) is 4.93. The molecule has 1 heterocycles. The molecular formula is C26H32N2O2. The Kier molecular flexibility index (Phi) is 5.96. The highest BCUT2D eigenvalue weighted by Crippen LogP contribution is 2.47. The molecule has 4 nitrogen and oxygen atoms in total. The highest BCUT2D eigenvalue weighted by Gasteiger charge is 2.40. The number of para-hydroxylation sites is 1. The maximum atomic E-state index is 12.3. The molecule has 4 rings (SSSR count). The number of esters is 1. The molecule has 3 aromatic rings. The lowest BCUT2D eigenvalue weighted by molar-refractivity contribution is -0.142. The molecule has 0 atom stereocenters. The van der Waals surface area contributed by atoms with Crippen LogP contribution in [-0.4, -0.2) is 36.6 Å². The summed E-state index contributed by atoms with van der Waals surface area (Å²) in [6.07, 6.45) is 4.72. The predicted molar refractivity (Wildman–Crippen MR) is 122 cm³/mol. The molecule has 0 aliphatic heterocycles. The molecular weight excluding hydrogens is 372 g/mol. The Labute approximate surface area is 179 Å². The molecule has 0 unspecified atom stereocenters. The number of fused-ring (bicyclic) bond motifs is 1. The third-order valence-electron chi connectivity index (χ3n) is 6.86. The van der Waals surface area contributed by atoms with E-state index in [0.29, 0.717) is 18.9 Å². The fourth-order valence-electron chi connectivity index (χ4n) is 5.24. The van der Waals surface area contributed by atoms with Crippen molar-refractivity contribution in [2.45, 2.75) is 50.5 Å². The summed E-state index contributed by atoms with van der Waals surface area (Å²) in [6.45, 7) is 2.28. The number of aromatic amines is 1. The fraction of sp³-hybridized carbons (Fsp3) is 0.423. The van der Waals surface area contributed by atoms with E-state index in [1.807, 2.05) is 19.1 Å². The van der Waals surface area contributed by atoms with E-state index in [-0.39, 0.29) is 11.5 Å². The van der Waals surface area contributed by atoms with Gasteiger partial charge in [-0.05, 0) is 69.8 Å². The number of H-pyrrole nitrogens is 1. The summed E-state index contributed by atoms with van der Waals surface area (Å²) in [5, 5.41) is 1.15. The van der Waals surface area contributed by atoms with Gasteiger partial charge < -0.3 is 9.72 Å². The smallest absolute Gasteiger partial charge is 0.310 e. The van der Waals surface area contributed by atoms with Crippen molar-refractivity contribution in [3.05, 3.63) is 71.4 Å². The van der Waals surface area contributed by atoms with E-state index in [4.69, 9.17) is 4.74 Å². The maximum absolute atomic E-state index is 12.3. The lowest BCUT2D eigenvalue weighted by Crippen LogP contribution is -2.44. The monoisotopic (exact) mass is 404 g/mol. The van der Waals surface area contributed by atoms with Gasteiger partial charge in [0.15, 0.2) is 0 Å². The van der Waals surface area contributed by atoms with Crippen molar-refractivity contribution in [1.82, 2.24) is 9.88 Å². The number of hydrogen-bond acceptors (Lipinski definition) is 3. The van der Waals surface area contributed by atoms with Gasteiger partial charge in [-0.2, -0.15) is 0 Å². The van der Waals surface area contributed by atoms with Crippen LogP contribution in [0.4, 0.5) is 0 Å². The first-order valence-electron chi connectivity index (χ1n) is 11.0. The second-order valence-corrected chi connectivity index (χ2v) is 8.61. The van der Waals surface area contributed by atoms with E-state index >= 15 is 0 Å². The molecule has 0 spiro atoms. The minimum atomic E-state index is -0.147. The van der Waals surface area contributed by atoms with Crippen LogP contribution in [0.15, 0.2) is 54.6 Å². The summed E-state index contributed by atoms with van der Waals surface area (Å²) >= 11 is 0. The number of nitrogens with zero attached hydrogens (tertiary/aromatic N) is 1. The van der Waals surface area contributed by atoms with Gasteiger partial charge in [-0.3, -0.25) is 9.69 Å². The molecule has 30 heavy (non-hydrogen) atoms. The molecule has 0 saturated heterocycles. The molecule has 1 saturated carbocycles. The first-order chi connectivity index (χ1) is 14.5. The molecule has 1 N–H and O–H groups in total. The molecule has 0 amide bonds. The number of rotatable bonds is 6. The largest absolute Gasteiger partial charge is 0.466 e. The molecule has 0 bridgehead atoms. The SMILES string of the molecule is CCOC(=O)Cc1c(C2CCC(c3ccccc3)(N(C)C)CC2)[nH]c2ccccc12. The number of nitrogens with one attached hydrogen (secondary N) is 1. The van der Waals surface area contributed by atoms with Crippen molar-refractivity contribution in [2.24, 2.45) is 0 Å². The van der Waals surface area contributed by atoms with E-state index in [2.05, 4.69) is 66.4 Å². The Morgan fingerprint density at radius 2 is 1.73 bits per heavy atom. The van der Waals surface area contributed by atoms with Crippen molar-refractivity contribution >= 4 is 16.9 Å². The third-order valence-corrected chi connectivity index (χ3v) is 6.86. The Morgan fingerprint density at radius 1 is 1.07 bits per heavy atom. The van der Waals surface area contributed by atoms with Crippen LogP contribution in [0.2, 0.25) is 0 Å². The second kappa shape index (κ2) is 8.65. The van der Waals surface area contributed by atoms with Crippen LogP contribution in [0.1, 0.15) is 55.3 Å². The molecule has 1 aromatic heterocycles. The first-order valence-corrected chi connectivity index (χ1v) is 11.0. The average Bonchev–Trinajstić information content (AvgIpc) is 3.13. The normalized spacial score (nSPS) is 21.8. The molecule has 2 aromatic carbocycles. The maximum Gasteiger partial charge on any atom is 0.310 e. The van der Waals surface area contributed by atoms with Gasteiger partial charge in [0.1, 0.15) is 0 Å². The second-order valence-electron chi connectivity index (χ2n) is 8.61. The summed E-state index contributed by atoms with van der Waals surface area (Å²) in [6, 6.07) is 19.2. The lowest BCUT2D eigenvalue weighted by atomic mass is 9.70. The number of aromatic nitrogens is 1. The molecule has 4 heteroatoms. The van der Waals surface area contributed by atoms with Gasteiger partial charge >= 0.3 is 5.97 Å². The van der Waals surface area contributed by atoms with Crippen molar-refractivity contribution in [3.63, 3.8) is 0 Å². The number of carbonyl (C=O) groups excluding carboxylic acids is 1. The van der Waals surface area contributed by atoms with E-state index in [1.165, 1.54) is 11.3 Å². The van der Waals surface area contributed by atoms with E-state index < -0.39 is 0 Å². The number of hydrogen-bond donors (Lipinski definition) is 1. The van der Waals surface area contributed by atoms with Gasteiger partial charge in [0.05, 0.1) is 13.0 Å². The standard InChI is InChI=1S/C26H32N2O2/c1-4-30-24(29)18-22-21-12-8-9-13-23(21)27-25(22)19-14-16-26(17-15-19,28(2)3)20-10-6-5-7-11-20/h5-13,19,27H,4,14-18H2,1-3H3. The van der Waals surface area contributed by atoms with Gasteiger partial charge in [0.2, 0.25) is 0 Å². The van der Waals surface area contributed by atoms with Gasteiger partial charge in [0.25, 0.3) is 0 Å². The van der Waals surface area contributed by atoms with E-state index in [9.17, 15) is 4.79 Å². The Balaban J connectivity index is 1.64. The van der Waals surface area contributed by atoms with Crippen LogP contribution in [-0.2, 0) is 21.5 Å². The van der Waals surface area contributed by atoms with Crippen molar-refractivity contribution in [2.75, 3.05) is 20.7 Å². The van der Waals surface area contributed by atoms with Crippen molar-refractivity contribution in [3.8, 4) is 0 Å². The third kappa shape index (κ3) is 3.77. The lowest BCUT2D eigenvalue weighted by Gasteiger charge is -2.45. The Morgan fingerprint density at radius 3 is 2.40 bits per heavy atom. The predicted octanol–water partition coefficient (Wildman–Crippen LogP) is 5.39. The summed E-state index contributed by atoms with van der Waals surface area (Å²) in [5.74, 6) is 0.282. The Hall–Kier alpha value is -2.59. The quantitative estimate of drug-likeness (QED) is 0.561. The topological polar surface area (TPSA) is 45.3 Å². The summed E-state index contributed by atoms with van der Waals surface area (Å²) < 4.78 is 5.27. The zero-order valence-corrected chi connectivity index (χ0v) is 18.3. The van der Waals surface area contributed by atoms with Crippen LogP contribution >= 0.6 is 0 Å². The molecule has 1 aliphatic rings. The molecule has 0 radical (unpaired) electrons. The van der Waals surface area contributed by atoms with E-state index in [1.54, 1.807) is 0 Å². The van der Waals surface area contributed by atoms with Gasteiger partial charge in [0, 0.05) is 22.1 Å². The zero-order chi connectivity index (χ0) is 21.1. The van der Waals surface area contributed by atoms with Crippen LogP contribution in [0.25, 0.3) is 10.9 Å². The van der Waals surface area contributed by atoms with Gasteiger partial charge in [-0.1, -0.05) is 48.5 Å². The van der Waals surface area contributed by atoms with Crippen LogP contribution in [0.5, 0.6) is 0 Å².